The molecule has 3 amide bonds. The predicted octanol–water partition coefficient (Wildman–Crippen LogP) is 6.28. The molecule has 4 atom stereocenters. The van der Waals surface area contributed by atoms with Gasteiger partial charge in [0.15, 0.2) is 5.54 Å². The van der Waals surface area contributed by atoms with Crippen molar-refractivity contribution in [3.05, 3.63) is 41.0 Å². The van der Waals surface area contributed by atoms with Crippen LogP contribution in [0.25, 0.3) is 10.4 Å². The monoisotopic (exact) mass is 651 g/mol. The average Bonchev–Trinajstić information content (AvgIpc) is 3.71. The number of aliphatic hydroxyl groups is 1. The Kier molecular flexibility index (Phi) is 12.2. The molecule has 2 aliphatic rings. The number of carbonyl (C=O) groups is 3. The second kappa shape index (κ2) is 15.7. The molecule has 1 fully saturated rings. The van der Waals surface area contributed by atoms with Crippen LogP contribution in [0.4, 0.5) is 0 Å². The topological polar surface area (TPSA) is 124 Å². The van der Waals surface area contributed by atoms with E-state index in [0.29, 0.717) is 12.3 Å². The molecule has 1 aromatic heterocycles. The number of aliphatic imine (C=N–C) groups is 1. The summed E-state index contributed by atoms with van der Waals surface area (Å²) in [6.07, 6.45) is 10.4. The van der Waals surface area contributed by atoms with Gasteiger partial charge in [0.05, 0.1) is 28.2 Å². The van der Waals surface area contributed by atoms with E-state index in [-0.39, 0.29) is 30.7 Å². The van der Waals surface area contributed by atoms with E-state index in [1.165, 1.54) is 38.5 Å². The van der Waals surface area contributed by atoms with Gasteiger partial charge in [0, 0.05) is 19.4 Å². The standard InChI is InChI=1S/C36H53N5O4S/c1-7-8-9-10-11-12-13-14-15-16-29(43)38-31(35(3,4)5)33(44)41-22-27(42)21-28(41)32-39-34(45)36(6,40-32)26-19-17-25(18-20-26)30-24(2)37-23-46-30/h17-20,23,27-28,31,42H,7-16,21-22H2,1-6H3,(H,38,43)(H,39,40,45)/t27-,28+,31-,36+/m1/s1. The highest BCUT2D eigenvalue weighted by Gasteiger charge is 2.48. The van der Waals surface area contributed by atoms with Gasteiger partial charge < -0.3 is 20.6 Å². The number of β-amino-alcohol motifs (C(OH)–C–C–N with tert-alkyl or cyclic N) is 1. The minimum absolute atomic E-state index is 0.110. The molecule has 0 aliphatic carbocycles. The van der Waals surface area contributed by atoms with Gasteiger partial charge in [0.25, 0.3) is 5.91 Å². The number of amides is 3. The summed E-state index contributed by atoms with van der Waals surface area (Å²) < 4.78 is 0. The van der Waals surface area contributed by atoms with Crippen LogP contribution < -0.4 is 10.6 Å². The van der Waals surface area contributed by atoms with Gasteiger partial charge in [-0.1, -0.05) is 103 Å². The summed E-state index contributed by atoms with van der Waals surface area (Å²) in [5.41, 5.74) is 2.80. The largest absolute Gasteiger partial charge is 0.391 e. The number of aromatic nitrogens is 1. The fourth-order valence-corrected chi connectivity index (χ4v) is 7.21. The second-order valence-electron chi connectivity index (χ2n) is 14.2. The highest BCUT2D eigenvalue weighted by Crippen LogP contribution is 2.35. The maximum Gasteiger partial charge on any atom is 0.257 e. The molecule has 0 bridgehead atoms. The third kappa shape index (κ3) is 8.62. The van der Waals surface area contributed by atoms with Crippen LogP contribution in [0.15, 0.2) is 34.8 Å². The second-order valence-corrected chi connectivity index (χ2v) is 15.1. The smallest absolute Gasteiger partial charge is 0.257 e. The summed E-state index contributed by atoms with van der Waals surface area (Å²) in [5, 5.41) is 16.6. The van der Waals surface area contributed by atoms with Crippen molar-refractivity contribution in [1.82, 2.24) is 20.5 Å². The van der Waals surface area contributed by atoms with E-state index in [2.05, 4.69) is 22.5 Å². The van der Waals surface area contributed by atoms with Crippen LogP contribution in [0.2, 0.25) is 0 Å². The molecule has 46 heavy (non-hydrogen) atoms. The van der Waals surface area contributed by atoms with Gasteiger partial charge in [-0.2, -0.15) is 0 Å². The first-order chi connectivity index (χ1) is 21.8. The molecular formula is C36H53N5O4S. The molecule has 252 valence electrons. The summed E-state index contributed by atoms with van der Waals surface area (Å²) in [5.74, 6) is -0.319. The van der Waals surface area contributed by atoms with Crippen LogP contribution in [0, 0.1) is 12.3 Å². The van der Waals surface area contributed by atoms with Gasteiger partial charge in [-0.15, -0.1) is 11.3 Å². The van der Waals surface area contributed by atoms with Gasteiger partial charge in [-0.3, -0.25) is 14.4 Å². The molecule has 0 spiro atoms. The molecule has 3 heterocycles. The Labute approximate surface area is 278 Å². The Morgan fingerprint density at radius 3 is 2.30 bits per heavy atom. The number of carbonyl (C=O) groups excluding carboxylic acids is 3. The zero-order chi connectivity index (χ0) is 33.5. The van der Waals surface area contributed by atoms with Crippen molar-refractivity contribution < 1.29 is 19.5 Å². The molecule has 9 nitrogen and oxygen atoms in total. The minimum atomic E-state index is -1.17. The zero-order valence-corrected chi connectivity index (χ0v) is 29.3. The fourth-order valence-electron chi connectivity index (χ4n) is 6.40. The number of hydrogen-bond acceptors (Lipinski definition) is 7. The number of thiazole rings is 1. The quantitative estimate of drug-likeness (QED) is 0.196. The normalized spacial score (nSPS) is 22.1. The Bertz CT molecular complexity index is 1380. The number of benzene rings is 1. The van der Waals surface area contributed by atoms with Crippen molar-refractivity contribution >= 4 is 34.9 Å². The third-order valence-corrected chi connectivity index (χ3v) is 10.3. The zero-order valence-electron chi connectivity index (χ0n) is 28.5. The summed E-state index contributed by atoms with van der Waals surface area (Å²) in [6, 6.07) is 6.38. The maximum atomic E-state index is 14.1. The number of aliphatic hydroxyl groups excluding tert-OH is 1. The number of likely N-dealkylation sites (tertiary alicyclic amines) is 1. The number of nitrogens with one attached hydrogen (secondary N) is 2. The molecule has 0 saturated carbocycles. The van der Waals surface area contributed by atoms with Crippen molar-refractivity contribution in [1.29, 1.82) is 0 Å². The van der Waals surface area contributed by atoms with Crippen LogP contribution in [-0.2, 0) is 19.9 Å². The summed E-state index contributed by atoms with van der Waals surface area (Å²) in [7, 11) is 0. The van der Waals surface area contributed by atoms with E-state index in [1.54, 1.807) is 23.2 Å². The first-order valence-corrected chi connectivity index (χ1v) is 17.9. The van der Waals surface area contributed by atoms with Crippen molar-refractivity contribution in [2.45, 2.75) is 136 Å². The van der Waals surface area contributed by atoms with Gasteiger partial charge in [-0.05, 0) is 36.8 Å². The van der Waals surface area contributed by atoms with E-state index in [1.807, 2.05) is 57.5 Å². The summed E-state index contributed by atoms with van der Waals surface area (Å²) in [4.78, 5) is 52.3. The van der Waals surface area contributed by atoms with Gasteiger partial charge in [0.1, 0.15) is 11.9 Å². The van der Waals surface area contributed by atoms with E-state index in [9.17, 15) is 19.5 Å². The van der Waals surface area contributed by atoms with Gasteiger partial charge in [-0.25, -0.2) is 9.98 Å². The molecule has 10 heteroatoms. The van der Waals surface area contributed by atoms with Crippen LogP contribution in [0.5, 0.6) is 0 Å². The minimum Gasteiger partial charge on any atom is -0.391 e. The maximum absolute atomic E-state index is 14.1. The lowest BCUT2D eigenvalue weighted by Gasteiger charge is -2.35. The van der Waals surface area contributed by atoms with Crippen molar-refractivity contribution in [2.75, 3.05) is 6.54 Å². The lowest BCUT2D eigenvalue weighted by atomic mass is 9.85. The molecule has 3 N–H and O–H groups in total. The highest BCUT2D eigenvalue weighted by molar-refractivity contribution is 7.13. The molecular weight excluding hydrogens is 598 g/mol. The lowest BCUT2D eigenvalue weighted by Crippen LogP contribution is -2.57. The average molecular weight is 652 g/mol. The number of unbranched alkanes of at least 4 members (excludes halogenated alkanes) is 8. The Morgan fingerprint density at radius 1 is 1.09 bits per heavy atom. The predicted molar refractivity (Wildman–Crippen MR) is 185 cm³/mol. The first-order valence-electron chi connectivity index (χ1n) is 17.0. The molecule has 0 unspecified atom stereocenters. The number of rotatable bonds is 15. The van der Waals surface area contributed by atoms with E-state index in [4.69, 9.17) is 4.99 Å². The van der Waals surface area contributed by atoms with E-state index >= 15 is 0 Å². The van der Waals surface area contributed by atoms with Crippen LogP contribution in [0.1, 0.15) is 117 Å². The molecule has 1 saturated heterocycles. The molecule has 4 rings (SSSR count). The number of aryl methyl sites for hydroxylation is 1. The van der Waals surface area contributed by atoms with Crippen LogP contribution >= 0.6 is 11.3 Å². The van der Waals surface area contributed by atoms with Crippen LogP contribution in [0.3, 0.4) is 0 Å². The van der Waals surface area contributed by atoms with Crippen molar-refractivity contribution in [3.8, 4) is 10.4 Å². The molecule has 2 aromatic rings. The fraction of sp³-hybridized carbons (Fsp3) is 0.639. The molecule has 1 aromatic carbocycles. The number of hydrogen-bond donors (Lipinski definition) is 3. The van der Waals surface area contributed by atoms with Gasteiger partial charge >= 0.3 is 0 Å². The molecule has 2 aliphatic heterocycles. The van der Waals surface area contributed by atoms with E-state index < -0.39 is 29.1 Å². The van der Waals surface area contributed by atoms with Gasteiger partial charge in [0.2, 0.25) is 11.8 Å². The highest BCUT2D eigenvalue weighted by atomic mass is 32.1. The Morgan fingerprint density at radius 2 is 1.72 bits per heavy atom. The SMILES string of the molecule is CCCCCCCCCCCC(=O)N[C@H](C(=O)N1C[C@H](O)C[C@H]1C1=N[C@@](C)(c2ccc(-c3scnc3C)cc2)C(=O)N1)C(C)(C)C. The van der Waals surface area contributed by atoms with E-state index in [0.717, 1.165) is 41.0 Å². The molecule has 0 radical (unpaired) electrons. The summed E-state index contributed by atoms with van der Waals surface area (Å²) in [6.45, 7) is 11.9. The number of amidine groups is 1. The van der Waals surface area contributed by atoms with Crippen molar-refractivity contribution in [2.24, 2.45) is 10.4 Å². The summed E-state index contributed by atoms with van der Waals surface area (Å²) >= 11 is 1.57. The Balaban J connectivity index is 1.41. The number of nitrogens with zero attached hydrogens (tertiary/aromatic N) is 3. The first kappa shape index (κ1) is 35.7. The Hall–Kier alpha value is -3.11. The van der Waals surface area contributed by atoms with Crippen LogP contribution in [-0.4, -0.2) is 63.3 Å². The lowest BCUT2D eigenvalue weighted by molar-refractivity contribution is -0.139. The van der Waals surface area contributed by atoms with Crippen molar-refractivity contribution in [3.63, 3.8) is 0 Å². The third-order valence-electron chi connectivity index (χ3n) is 9.29.